The van der Waals surface area contributed by atoms with Crippen molar-refractivity contribution in [2.24, 2.45) is 7.05 Å². The largest absolute Gasteiger partial charge is 0.419 e. The number of cyclic esters (lactones) is 2. The topological polar surface area (TPSA) is 95.3 Å². The molecule has 2 heterocycles. The molecule has 0 saturated carbocycles. The van der Waals surface area contributed by atoms with Crippen LogP contribution in [0.3, 0.4) is 0 Å². The maximum absolute atomic E-state index is 11.9. The third kappa shape index (κ3) is 2.39. The average Bonchev–Trinajstić information content (AvgIpc) is 2.79. The molecule has 1 aliphatic rings. The number of carbonyl (C=O) groups is 2. The van der Waals surface area contributed by atoms with Crippen molar-refractivity contribution in [1.82, 2.24) is 15.0 Å². The van der Waals surface area contributed by atoms with E-state index < -0.39 is 17.7 Å². The molecule has 0 unspecified atom stereocenters. The number of aryl methyl sites for hydroxylation is 1. The molecule has 8 nitrogen and oxygen atoms in total. The Morgan fingerprint density at radius 3 is 2.59 bits per heavy atom. The van der Waals surface area contributed by atoms with Gasteiger partial charge >= 0.3 is 11.9 Å². The second-order valence-electron chi connectivity index (χ2n) is 5.27. The first-order valence-corrected chi connectivity index (χ1v) is 6.59. The summed E-state index contributed by atoms with van der Waals surface area (Å²) in [7, 11) is 1.75. The molecule has 1 aromatic carbocycles. The summed E-state index contributed by atoms with van der Waals surface area (Å²) in [6, 6.07) is 5.39. The molecule has 8 heteroatoms. The number of rotatable bonds is 2. The standard InChI is InChI=1S/C14H14N4O4/c1-14(2)21-12(19)8(13(20)22-14)7-15-9-5-4-6-10-11(9)18(3)17-16-10/h4-7,15H,1-3H3. The quantitative estimate of drug-likeness (QED) is 0.504. The van der Waals surface area contributed by atoms with E-state index >= 15 is 0 Å². The van der Waals surface area contributed by atoms with Gasteiger partial charge < -0.3 is 14.8 Å². The lowest BCUT2D eigenvalue weighted by Gasteiger charge is -2.29. The van der Waals surface area contributed by atoms with Crippen LogP contribution in [0.4, 0.5) is 5.69 Å². The smallest absolute Gasteiger partial charge is 0.350 e. The summed E-state index contributed by atoms with van der Waals surface area (Å²) in [4.78, 5) is 23.7. The van der Waals surface area contributed by atoms with Gasteiger partial charge in [0, 0.05) is 27.1 Å². The summed E-state index contributed by atoms with van der Waals surface area (Å²) in [5.74, 6) is -2.72. The Morgan fingerprint density at radius 1 is 1.23 bits per heavy atom. The van der Waals surface area contributed by atoms with Gasteiger partial charge in [0.2, 0.25) is 0 Å². The van der Waals surface area contributed by atoms with E-state index in [9.17, 15) is 9.59 Å². The van der Waals surface area contributed by atoms with Crippen LogP contribution in [-0.2, 0) is 26.1 Å². The second-order valence-corrected chi connectivity index (χ2v) is 5.27. The monoisotopic (exact) mass is 302 g/mol. The molecule has 0 aliphatic carbocycles. The number of hydrogen-bond acceptors (Lipinski definition) is 7. The maximum Gasteiger partial charge on any atom is 0.350 e. The van der Waals surface area contributed by atoms with Crippen molar-refractivity contribution < 1.29 is 19.1 Å². The van der Waals surface area contributed by atoms with Gasteiger partial charge in [0.1, 0.15) is 11.0 Å². The molecule has 1 aliphatic heterocycles. The number of benzene rings is 1. The summed E-state index contributed by atoms with van der Waals surface area (Å²) in [6.07, 6.45) is 1.27. The second kappa shape index (κ2) is 4.83. The van der Waals surface area contributed by atoms with E-state index in [0.717, 1.165) is 5.52 Å². The fraction of sp³-hybridized carbons (Fsp3) is 0.286. The molecule has 2 aromatic rings. The summed E-state index contributed by atoms with van der Waals surface area (Å²) >= 11 is 0. The lowest BCUT2D eigenvalue weighted by atomic mass is 10.2. The van der Waals surface area contributed by atoms with Gasteiger partial charge in [-0.05, 0) is 12.1 Å². The molecule has 3 rings (SSSR count). The van der Waals surface area contributed by atoms with Crippen molar-refractivity contribution in [1.29, 1.82) is 0 Å². The Morgan fingerprint density at radius 2 is 1.91 bits per heavy atom. The van der Waals surface area contributed by atoms with E-state index in [0.29, 0.717) is 11.2 Å². The van der Waals surface area contributed by atoms with Gasteiger partial charge in [0.15, 0.2) is 5.57 Å². The molecule has 1 aromatic heterocycles. The Bertz CT molecular complexity index is 784. The zero-order valence-electron chi connectivity index (χ0n) is 12.3. The first kappa shape index (κ1) is 14.1. The molecule has 0 radical (unpaired) electrons. The number of nitrogens with zero attached hydrogens (tertiary/aromatic N) is 3. The molecule has 0 spiro atoms. The first-order chi connectivity index (χ1) is 10.4. The number of ether oxygens (including phenoxy) is 2. The van der Waals surface area contributed by atoms with Gasteiger partial charge in [-0.25, -0.2) is 14.3 Å². The number of esters is 2. The van der Waals surface area contributed by atoms with E-state index in [1.807, 2.05) is 6.07 Å². The minimum absolute atomic E-state index is 0.202. The maximum atomic E-state index is 11.9. The molecule has 1 fully saturated rings. The van der Waals surface area contributed by atoms with Crippen LogP contribution >= 0.6 is 0 Å². The summed E-state index contributed by atoms with van der Waals surface area (Å²) < 4.78 is 11.6. The van der Waals surface area contributed by atoms with Crippen LogP contribution in [0.15, 0.2) is 30.0 Å². The van der Waals surface area contributed by atoms with E-state index in [4.69, 9.17) is 9.47 Å². The highest BCUT2D eigenvalue weighted by Gasteiger charge is 2.38. The lowest BCUT2D eigenvalue weighted by molar-refractivity contribution is -0.222. The van der Waals surface area contributed by atoms with Crippen molar-refractivity contribution in [2.45, 2.75) is 19.6 Å². The predicted molar refractivity (Wildman–Crippen MR) is 76.5 cm³/mol. The van der Waals surface area contributed by atoms with E-state index in [1.54, 1.807) is 23.9 Å². The highest BCUT2D eigenvalue weighted by atomic mass is 16.7. The molecule has 1 N–H and O–H groups in total. The van der Waals surface area contributed by atoms with Crippen molar-refractivity contribution in [3.05, 3.63) is 30.0 Å². The van der Waals surface area contributed by atoms with Gasteiger partial charge in [-0.2, -0.15) is 0 Å². The molecule has 0 bridgehead atoms. The van der Waals surface area contributed by atoms with Crippen LogP contribution in [0.2, 0.25) is 0 Å². The predicted octanol–water partition coefficient (Wildman–Crippen LogP) is 1.10. The van der Waals surface area contributed by atoms with Crippen molar-refractivity contribution >= 4 is 28.7 Å². The molecule has 114 valence electrons. The Balaban J connectivity index is 1.91. The number of fused-ring (bicyclic) bond motifs is 1. The Kier molecular flexibility index (Phi) is 3.09. The van der Waals surface area contributed by atoms with Crippen LogP contribution in [0.25, 0.3) is 11.0 Å². The third-order valence-corrected chi connectivity index (χ3v) is 3.11. The molecule has 0 amide bonds. The van der Waals surface area contributed by atoms with E-state index in [2.05, 4.69) is 15.6 Å². The third-order valence-electron chi connectivity index (χ3n) is 3.11. The van der Waals surface area contributed by atoms with Gasteiger partial charge in [-0.1, -0.05) is 11.3 Å². The number of aromatic nitrogens is 3. The van der Waals surface area contributed by atoms with Crippen molar-refractivity contribution in [3.63, 3.8) is 0 Å². The van der Waals surface area contributed by atoms with Gasteiger partial charge in [0.25, 0.3) is 5.79 Å². The fourth-order valence-electron chi connectivity index (χ4n) is 2.16. The van der Waals surface area contributed by atoms with Crippen molar-refractivity contribution in [2.75, 3.05) is 5.32 Å². The number of nitrogens with one attached hydrogen (secondary N) is 1. The number of hydrogen-bond donors (Lipinski definition) is 1. The minimum Gasteiger partial charge on any atom is -0.419 e. The molecular weight excluding hydrogens is 288 g/mol. The van der Waals surface area contributed by atoms with Crippen LogP contribution in [0.5, 0.6) is 0 Å². The van der Waals surface area contributed by atoms with Gasteiger partial charge in [-0.15, -0.1) is 5.10 Å². The van der Waals surface area contributed by atoms with Crippen molar-refractivity contribution in [3.8, 4) is 0 Å². The highest BCUT2D eigenvalue weighted by molar-refractivity contribution is 6.15. The zero-order valence-corrected chi connectivity index (χ0v) is 12.3. The number of carbonyl (C=O) groups excluding carboxylic acids is 2. The van der Waals surface area contributed by atoms with Gasteiger partial charge in [0.05, 0.1) is 5.69 Å². The molecule has 0 atom stereocenters. The number of anilines is 1. The molecule has 22 heavy (non-hydrogen) atoms. The fourth-order valence-corrected chi connectivity index (χ4v) is 2.16. The van der Waals surface area contributed by atoms with Crippen LogP contribution in [-0.4, -0.2) is 32.7 Å². The first-order valence-electron chi connectivity index (χ1n) is 6.59. The summed E-state index contributed by atoms with van der Waals surface area (Å²) in [5.41, 5.74) is 1.90. The number of para-hydroxylation sites is 1. The highest BCUT2D eigenvalue weighted by Crippen LogP contribution is 2.24. The zero-order chi connectivity index (χ0) is 15.9. The van der Waals surface area contributed by atoms with Crippen LogP contribution in [0, 0.1) is 0 Å². The van der Waals surface area contributed by atoms with Crippen LogP contribution in [0.1, 0.15) is 13.8 Å². The average molecular weight is 302 g/mol. The lowest BCUT2D eigenvalue weighted by Crippen LogP contribution is -2.42. The summed E-state index contributed by atoms with van der Waals surface area (Å²) in [5, 5.41) is 10.8. The normalized spacial score (nSPS) is 17.1. The molecular formula is C14H14N4O4. The Hall–Kier alpha value is -2.90. The summed E-state index contributed by atoms with van der Waals surface area (Å²) in [6.45, 7) is 2.99. The molecule has 1 saturated heterocycles. The Labute approximate surface area is 125 Å². The van der Waals surface area contributed by atoms with Gasteiger partial charge in [-0.3, -0.25) is 0 Å². The SMILES string of the molecule is Cn1nnc2cccc(NC=C3C(=O)OC(C)(C)OC3=O)c21. The van der Waals surface area contributed by atoms with Crippen LogP contribution < -0.4 is 5.32 Å². The minimum atomic E-state index is -1.25. The van der Waals surface area contributed by atoms with E-state index in [1.165, 1.54) is 20.0 Å². The van der Waals surface area contributed by atoms with E-state index in [-0.39, 0.29) is 5.57 Å².